The van der Waals surface area contributed by atoms with E-state index in [1.807, 2.05) is 32.0 Å². The minimum absolute atomic E-state index is 0.112. The van der Waals surface area contributed by atoms with Crippen LogP contribution in [0.2, 0.25) is 0 Å². The van der Waals surface area contributed by atoms with Gasteiger partial charge in [-0.2, -0.15) is 0 Å². The molecule has 160 valence electrons. The standard InChI is InChI=1S/C23H28FN3O3/c1-3-30-20-8-5-4-7-19(20)26-22(29)27-14-6-13-23(2,16-27)21(28)25-15-17-9-11-18(24)12-10-17/h4-5,7-12H,3,6,13-16H2,1-2H3,(H,25,28)(H,26,29). The molecule has 1 atom stereocenters. The van der Waals surface area contributed by atoms with Gasteiger partial charge in [-0.25, -0.2) is 9.18 Å². The summed E-state index contributed by atoms with van der Waals surface area (Å²) < 4.78 is 18.6. The van der Waals surface area contributed by atoms with Crippen LogP contribution in [0, 0.1) is 11.2 Å². The molecule has 2 N–H and O–H groups in total. The predicted molar refractivity (Wildman–Crippen MR) is 114 cm³/mol. The highest BCUT2D eigenvalue weighted by atomic mass is 19.1. The zero-order valence-corrected chi connectivity index (χ0v) is 17.4. The number of rotatable bonds is 6. The number of carbonyl (C=O) groups excluding carboxylic acids is 2. The fourth-order valence-corrected chi connectivity index (χ4v) is 3.64. The number of piperidine rings is 1. The Morgan fingerprint density at radius 3 is 2.63 bits per heavy atom. The third-order valence-corrected chi connectivity index (χ3v) is 5.33. The van der Waals surface area contributed by atoms with Gasteiger partial charge in [0.25, 0.3) is 0 Å². The van der Waals surface area contributed by atoms with E-state index in [1.54, 1.807) is 23.1 Å². The van der Waals surface area contributed by atoms with Crippen molar-refractivity contribution in [1.82, 2.24) is 10.2 Å². The molecule has 1 heterocycles. The first-order chi connectivity index (χ1) is 14.4. The number of nitrogens with one attached hydrogen (secondary N) is 2. The fraction of sp³-hybridized carbons (Fsp3) is 0.391. The maximum atomic E-state index is 13.0. The van der Waals surface area contributed by atoms with Gasteiger partial charge in [0, 0.05) is 19.6 Å². The van der Waals surface area contributed by atoms with Crippen LogP contribution in [0.5, 0.6) is 5.75 Å². The summed E-state index contributed by atoms with van der Waals surface area (Å²) in [4.78, 5) is 27.4. The highest BCUT2D eigenvalue weighted by Gasteiger charge is 2.39. The Morgan fingerprint density at radius 1 is 1.17 bits per heavy atom. The van der Waals surface area contributed by atoms with Crippen LogP contribution in [0.15, 0.2) is 48.5 Å². The van der Waals surface area contributed by atoms with Gasteiger partial charge in [-0.05, 0) is 56.5 Å². The topological polar surface area (TPSA) is 70.7 Å². The van der Waals surface area contributed by atoms with Gasteiger partial charge < -0.3 is 20.3 Å². The summed E-state index contributed by atoms with van der Waals surface area (Å²) >= 11 is 0. The number of carbonyl (C=O) groups is 2. The SMILES string of the molecule is CCOc1ccccc1NC(=O)N1CCCC(C)(C(=O)NCc2ccc(F)cc2)C1. The summed E-state index contributed by atoms with van der Waals surface area (Å²) in [7, 11) is 0. The van der Waals surface area contributed by atoms with Gasteiger partial charge in [-0.1, -0.05) is 24.3 Å². The second kappa shape index (κ2) is 9.61. The van der Waals surface area contributed by atoms with Crippen molar-refractivity contribution in [3.63, 3.8) is 0 Å². The molecule has 2 aromatic carbocycles. The number of nitrogens with zero attached hydrogens (tertiary/aromatic N) is 1. The first kappa shape index (κ1) is 21.6. The molecule has 0 spiro atoms. The average Bonchev–Trinajstić information content (AvgIpc) is 2.74. The lowest BCUT2D eigenvalue weighted by atomic mass is 9.81. The Morgan fingerprint density at radius 2 is 1.90 bits per heavy atom. The third-order valence-electron chi connectivity index (χ3n) is 5.33. The predicted octanol–water partition coefficient (Wildman–Crippen LogP) is 4.17. The van der Waals surface area contributed by atoms with E-state index in [1.165, 1.54) is 12.1 Å². The summed E-state index contributed by atoms with van der Waals surface area (Å²) in [6.07, 6.45) is 1.43. The Hall–Kier alpha value is -3.09. The largest absolute Gasteiger partial charge is 0.492 e. The van der Waals surface area contributed by atoms with Crippen LogP contribution in [0.4, 0.5) is 14.9 Å². The maximum absolute atomic E-state index is 13.0. The third kappa shape index (κ3) is 5.28. The van der Waals surface area contributed by atoms with Crippen molar-refractivity contribution in [1.29, 1.82) is 0 Å². The summed E-state index contributed by atoms with van der Waals surface area (Å²) in [5.74, 6) is 0.195. The molecule has 0 bridgehead atoms. The van der Waals surface area contributed by atoms with E-state index in [-0.39, 0.29) is 17.8 Å². The average molecular weight is 413 g/mol. The molecule has 1 aliphatic heterocycles. The Kier molecular flexibility index (Phi) is 6.92. The first-order valence-corrected chi connectivity index (χ1v) is 10.2. The zero-order valence-electron chi connectivity index (χ0n) is 17.4. The molecule has 7 heteroatoms. The first-order valence-electron chi connectivity index (χ1n) is 10.2. The minimum atomic E-state index is -0.685. The molecule has 3 rings (SSSR count). The maximum Gasteiger partial charge on any atom is 0.321 e. The van der Waals surface area contributed by atoms with E-state index in [9.17, 15) is 14.0 Å². The number of urea groups is 1. The molecule has 0 aliphatic carbocycles. The van der Waals surface area contributed by atoms with Gasteiger partial charge in [0.15, 0.2) is 0 Å². The number of anilines is 1. The highest BCUT2D eigenvalue weighted by molar-refractivity contribution is 5.92. The summed E-state index contributed by atoms with van der Waals surface area (Å²) in [5.41, 5.74) is 0.749. The smallest absolute Gasteiger partial charge is 0.321 e. The van der Waals surface area contributed by atoms with Gasteiger partial charge >= 0.3 is 6.03 Å². The van der Waals surface area contributed by atoms with E-state index < -0.39 is 5.41 Å². The van der Waals surface area contributed by atoms with E-state index in [0.29, 0.717) is 44.1 Å². The molecule has 30 heavy (non-hydrogen) atoms. The highest BCUT2D eigenvalue weighted by Crippen LogP contribution is 2.31. The molecule has 1 unspecified atom stereocenters. The molecule has 2 aromatic rings. The van der Waals surface area contributed by atoms with Gasteiger partial charge in [0.1, 0.15) is 11.6 Å². The van der Waals surface area contributed by atoms with Crippen molar-refractivity contribution in [2.24, 2.45) is 5.41 Å². The van der Waals surface area contributed by atoms with E-state index in [4.69, 9.17) is 4.74 Å². The number of amides is 3. The van der Waals surface area contributed by atoms with Crippen molar-refractivity contribution in [3.8, 4) is 5.75 Å². The number of likely N-dealkylation sites (tertiary alicyclic amines) is 1. The second-order valence-corrected chi connectivity index (χ2v) is 7.75. The lowest BCUT2D eigenvalue weighted by Gasteiger charge is -2.39. The van der Waals surface area contributed by atoms with Gasteiger partial charge in [0.05, 0.1) is 17.7 Å². The zero-order chi connectivity index (χ0) is 21.6. The number of hydrogen-bond acceptors (Lipinski definition) is 3. The molecular formula is C23H28FN3O3. The molecule has 0 aromatic heterocycles. The van der Waals surface area contributed by atoms with Crippen LogP contribution < -0.4 is 15.4 Å². The number of para-hydroxylation sites is 2. The Balaban J connectivity index is 1.61. The summed E-state index contributed by atoms with van der Waals surface area (Å²) in [6, 6.07) is 13.1. The van der Waals surface area contributed by atoms with Crippen molar-refractivity contribution in [3.05, 3.63) is 59.9 Å². The Bertz CT molecular complexity index is 888. The molecule has 3 amide bonds. The van der Waals surface area contributed by atoms with E-state index in [0.717, 1.165) is 12.0 Å². The second-order valence-electron chi connectivity index (χ2n) is 7.75. The van der Waals surface area contributed by atoms with Crippen molar-refractivity contribution < 1.29 is 18.7 Å². The molecule has 1 aliphatic rings. The lowest BCUT2D eigenvalue weighted by molar-refractivity contribution is -0.132. The number of benzene rings is 2. The molecule has 1 fully saturated rings. The molecule has 6 nitrogen and oxygen atoms in total. The van der Waals surface area contributed by atoms with E-state index >= 15 is 0 Å². The van der Waals surface area contributed by atoms with E-state index in [2.05, 4.69) is 10.6 Å². The monoisotopic (exact) mass is 413 g/mol. The van der Waals surface area contributed by atoms with Crippen molar-refractivity contribution >= 4 is 17.6 Å². The number of halogens is 1. The fourth-order valence-electron chi connectivity index (χ4n) is 3.64. The van der Waals surface area contributed by atoms with Gasteiger partial charge in [0.2, 0.25) is 5.91 Å². The van der Waals surface area contributed by atoms with Gasteiger partial charge in [-0.3, -0.25) is 4.79 Å². The van der Waals surface area contributed by atoms with Crippen LogP contribution >= 0.6 is 0 Å². The normalized spacial score (nSPS) is 18.6. The van der Waals surface area contributed by atoms with Crippen LogP contribution in [-0.2, 0) is 11.3 Å². The van der Waals surface area contributed by atoms with Crippen molar-refractivity contribution in [2.45, 2.75) is 33.2 Å². The van der Waals surface area contributed by atoms with Crippen LogP contribution in [0.3, 0.4) is 0 Å². The molecule has 1 saturated heterocycles. The molecule has 0 saturated carbocycles. The number of hydrogen-bond donors (Lipinski definition) is 2. The molecular weight excluding hydrogens is 385 g/mol. The quantitative estimate of drug-likeness (QED) is 0.747. The van der Waals surface area contributed by atoms with Crippen LogP contribution in [-0.4, -0.2) is 36.5 Å². The summed E-state index contributed by atoms with van der Waals surface area (Å²) in [6.45, 7) is 5.50. The Labute approximate surface area is 176 Å². The summed E-state index contributed by atoms with van der Waals surface area (Å²) in [5, 5.41) is 5.82. The van der Waals surface area contributed by atoms with Crippen molar-refractivity contribution in [2.75, 3.05) is 25.0 Å². The molecule has 0 radical (unpaired) electrons. The van der Waals surface area contributed by atoms with Crippen LogP contribution in [0.1, 0.15) is 32.3 Å². The minimum Gasteiger partial charge on any atom is -0.492 e. The number of ether oxygens (including phenoxy) is 1. The van der Waals surface area contributed by atoms with Crippen LogP contribution in [0.25, 0.3) is 0 Å². The lowest BCUT2D eigenvalue weighted by Crippen LogP contribution is -2.52. The van der Waals surface area contributed by atoms with Gasteiger partial charge in [-0.15, -0.1) is 0 Å².